The minimum atomic E-state index is -0.322. The highest BCUT2D eigenvalue weighted by Crippen LogP contribution is 2.36. The summed E-state index contributed by atoms with van der Waals surface area (Å²) in [7, 11) is 3.13. The molecule has 0 bridgehead atoms. The molecule has 21 heavy (non-hydrogen) atoms. The van der Waals surface area contributed by atoms with E-state index in [-0.39, 0.29) is 18.3 Å². The first-order chi connectivity index (χ1) is 10.2. The highest BCUT2D eigenvalue weighted by Gasteiger charge is 2.28. The van der Waals surface area contributed by atoms with Crippen molar-refractivity contribution in [3.05, 3.63) is 47.7 Å². The number of nitrogens with zero attached hydrogens (tertiary/aromatic N) is 1. The molecule has 1 aromatic heterocycles. The van der Waals surface area contributed by atoms with Crippen molar-refractivity contribution < 1.29 is 19.0 Å². The molecular formula is C16H15NO4. The van der Waals surface area contributed by atoms with Crippen LogP contribution in [0.2, 0.25) is 0 Å². The maximum atomic E-state index is 12.3. The molecule has 1 aliphatic rings. The summed E-state index contributed by atoms with van der Waals surface area (Å²) >= 11 is 0. The second-order valence-electron chi connectivity index (χ2n) is 4.73. The van der Waals surface area contributed by atoms with Gasteiger partial charge in [-0.05, 0) is 24.3 Å². The number of ether oxygens (including phenoxy) is 3. The number of carbonyl (C=O) groups is 1. The van der Waals surface area contributed by atoms with Crippen LogP contribution in [0.15, 0.2) is 36.5 Å². The number of carbonyl (C=O) groups excluding carboxylic acids is 1. The number of methoxy groups -OCH3 is 2. The van der Waals surface area contributed by atoms with Gasteiger partial charge in [-0.15, -0.1) is 0 Å². The van der Waals surface area contributed by atoms with Crippen LogP contribution >= 0.6 is 0 Å². The van der Waals surface area contributed by atoms with Crippen molar-refractivity contribution in [2.45, 2.75) is 12.5 Å². The normalized spacial score (nSPS) is 16.9. The Kier molecular flexibility index (Phi) is 3.48. The summed E-state index contributed by atoms with van der Waals surface area (Å²) in [6.45, 7) is 0. The van der Waals surface area contributed by atoms with Gasteiger partial charge in [0.15, 0.2) is 5.78 Å². The Morgan fingerprint density at radius 2 is 2.05 bits per heavy atom. The van der Waals surface area contributed by atoms with E-state index >= 15 is 0 Å². The van der Waals surface area contributed by atoms with Crippen LogP contribution in [0.1, 0.15) is 28.4 Å². The Balaban J connectivity index is 1.89. The number of pyridine rings is 1. The van der Waals surface area contributed by atoms with E-state index < -0.39 is 0 Å². The predicted octanol–water partition coefficient (Wildman–Crippen LogP) is 2.81. The molecular weight excluding hydrogens is 270 g/mol. The molecule has 2 heterocycles. The molecule has 3 rings (SSSR count). The van der Waals surface area contributed by atoms with Crippen LogP contribution in [-0.4, -0.2) is 25.0 Å². The third-order valence-electron chi connectivity index (χ3n) is 3.47. The number of fused-ring (bicyclic) bond motifs is 1. The summed E-state index contributed by atoms with van der Waals surface area (Å²) in [6, 6.07) is 8.86. The summed E-state index contributed by atoms with van der Waals surface area (Å²) in [6.07, 6.45) is 1.64. The molecule has 0 saturated carbocycles. The van der Waals surface area contributed by atoms with Gasteiger partial charge in [-0.2, -0.15) is 0 Å². The SMILES string of the molecule is COc1ccc2c(c1)C(=O)CC(c1ccc(OC)nc1)O2. The van der Waals surface area contributed by atoms with Crippen LogP contribution in [0, 0.1) is 0 Å². The summed E-state index contributed by atoms with van der Waals surface area (Å²) in [4.78, 5) is 16.4. The van der Waals surface area contributed by atoms with Gasteiger partial charge in [0.25, 0.3) is 0 Å². The van der Waals surface area contributed by atoms with Gasteiger partial charge in [-0.1, -0.05) is 0 Å². The van der Waals surface area contributed by atoms with Crippen molar-refractivity contribution in [2.24, 2.45) is 0 Å². The fraction of sp³-hybridized carbons (Fsp3) is 0.250. The molecule has 108 valence electrons. The Hall–Kier alpha value is -2.56. The second kappa shape index (κ2) is 5.44. The van der Waals surface area contributed by atoms with Crippen LogP contribution in [-0.2, 0) is 0 Å². The van der Waals surface area contributed by atoms with E-state index in [0.717, 1.165) is 5.56 Å². The number of hydrogen-bond acceptors (Lipinski definition) is 5. The summed E-state index contributed by atoms with van der Waals surface area (Å²) in [5.41, 5.74) is 1.41. The topological polar surface area (TPSA) is 57.7 Å². The van der Waals surface area contributed by atoms with Gasteiger partial charge in [0.1, 0.15) is 17.6 Å². The van der Waals surface area contributed by atoms with E-state index in [1.54, 1.807) is 44.7 Å². The monoisotopic (exact) mass is 285 g/mol. The molecule has 0 N–H and O–H groups in total. The Bertz CT molecular complexity index is 666. The van der Waals surface area contributed by atoms with Crippen LogP contribution in [0.5, 0.6) is 17.4 Å². The third-order valence-corrected chi connectivity index (χ3v) is 3.47. The summed E-state index contributed by atoms with van der Waals surface area (Å²) in [5, 5.41) is 0. The van der Waals surface area contributed by atoms with E-state index in [1.165, 1.54) is 0 Å². The largest absolute Gasteiger partial charge is 0.497 e. The molecule has 2 aromatic rings. The molecule has 0 spiro atoms. The Labute approximate surface area is 122 Å². The highest BCUT2D eigenvalue weighted by molar-refractivity contribution is 6.00. The van der Waals surface area contributed by atoms with Crippen molar-refractivity contribution in [1.29, 1.82) is 0 Å². The fourth-order valence-corrected chi connectivity index (χ4v) is 2.32. The molecule has 0 aliphatic carbocycles. The molecule has 0 amide bonds. The number of hydrogen-bond donors (Lipinski definition) is 0. The number of ketones is 1. The smallest absolute Gasteiger partial charge is 0.212 e. The van der Waals surface area contributed by atoms with Gasteiger partial charge in [0.2, 0.25) is 5.88 Å². The molecule has 0 fully saturated rings. The molecule has 1 aliphatic heterocycles. The fourth-order valence-electron chi connectivity index (χ4n) is 2.32. The number of rotatable bonds is 3. The van der Waals surface area contributed by atoms with Crippen LogP contribution in [0.25, 0.3) is 0 Å². The van der Waals surface area contributed by atoms with Gasteiger partial charge in [0, 0.05) is 17.8 Å². The molecule has 1 unspecified atom stereocenters. The maximum absolute atomic E-state index is 12.3. The van der Waals surface area contributed by atoms with Crippen molar-refractivity contribution in [3.63, 3.8) is 0 Å². The van der Waals surface area contributed by atoms with Gasteiger partial charge < -0.3 is 14.2 Å². The minimum Gasteiger partial charge on any atom is -0.497 e. The number of benzene rings is 1. The zero-order valence-corrected chi connectivity index (χ0v) is 11.8. The zero-order chi connectivity index (χ0) is 14.8. The van der Waals surface area contributed by atoms with Crippen molar-refractivity contribution >= 4 is 5.78 Å². The number of Topliss-reactive ketones (excluding diaryl/α,β-unsaturated/α-hetero) is 1. The Morgan fingerprint density at radius 1 is 1.19 bits per heavy atom. The van der Waals surface area contributed by atoms with E-state index in [1.807, 2.05) is 6.07 Å². The first-order valence-electron chi connectivity index (χ1n) is 6.59. The summed E-state index contributed by atoms with van der Waals surface area (Å²) in [5.74, 6) is 1.80. The zero-order valence-electron chi connectivity index (χ0n) is 11.8. The third kappa shape index (κ3) is 2.54. The van der Waals surface area contributed by atoms with E-state index in [9.17, 15) is 4.79 Å². The first kappa shape index (κ1) is 13.4. The predicted molar refractivity (Wildman–Crippen MR) is 76.1 cm³/mol. The second-order valence-corrected chi connectivity index (χ2v) is 4.73. The van der Waals surface area contributed by atoms with Crippen molar-refractivity contribution in [1.82, 2.24) is 4.98 Å². The lowest BCUT2D eigenvalue weighted by Crippen LogP contribution is -2.20. The Morgan fingerprint density at radius 3 is 2.71 bits per heavy atom. The lowest BCUT2D eigenvalue weighted by Gasteiger charge is -2.25. The molecule has 0 saturated heterocycles. The molecule has 5 nitrogen and oxygen atoms in total. The standard InChI is InChI=1S/C16H15NO4/c1-19-11-4-5-14-12(7-11)13(18)8-15(21-14)10-3-6-16(20-2)17-9-10/h3-7,9,15H,8H2,1-2H3. The van der Waals surface area contributed by atoms with Crippen LogP contribution in [0.4, 0.5) is 0 Å². The lowest BCUT2D eigenvalue weighted by atomic mass is 9.97. The quantitative estimate of drug-likeness (QED) is 0.868. The summed E-state index contributed by atoms with van der Waals surface area (Å²) < 4.78 is 16.1. The van der Waals surface area contributed by atoms with Crippen molar-refractivity contribution in [3.8, 4) is 17.4 Å². The van der Waals surface area contributed by atoms with Crippen molar-refractivity contribution in [2.75, 3.05) is 14.2 Å². The molecule has 0 radical (unpaired) electrons. The van der Waals surface area contributed by atoms with Gasteiger partial charge in [-0.3, -0.25) is 4.79 Å². The van der Waals surface area contributed by atoms with Gasteiger partial charge in [0.05, 0.1) is 26.2 Å². The molecule has 1 aromatic carbocycles. The van der Waals surface area contributed by atoms with E-state index in [2.05, 4.69) is 4.98 Å². The van der Waals surface area contributed by atoms with Crippen LogP contribution < -0.4 is 14.2 Å². The van der Waals surface area contributed by atoms with E-state index in [4.69, 9.17) is 14.2 Å². The maximum Gasteiger partial charge on any atom is 0.212 e. The lowest BCUT2D eigenvalue weighted by molar-refractivity contribution is 0.0849. The minimum absolute atomic E-state index is 0.0379. The first-order valence-corrected chi connectivity index (χ1v) is 6.59. The molecule has 5 heteroatoms. The highest BCUT2D eigenvalue weighted by atomic mass is 16.5. The van der Waals surface area contributed by atoms with Crippen LogP contribution in [0.3, 0.4) is 0 Å². The van der Waals surface area contributed by atoms with E-state index in [0.29, 0.717) is 22.9 Å². The molecule has 1 atom stereocenters. The average Bonchev–Trinajstić information content (AvgIpc) is 2.54. The van der Waals surface area contributed by atoms with Gasteiger partial charge in [-0.25, -0.2) is 4.98 Å². The van der Waals surface area contributed by atoms with Gasteiger partial charge >= 0.3 is 0 Å². The number of aromatic nitrogens is 1. The average molecular weight is 285 g/mol.